The molecule has 0 bridgehead atoms. The highest BCUT2D eigenvalue weighted by Crippen LogP contribution is 2.24. The van der Waals surface area contributed by atoms with E-state index in [9.17, 15) is 5.11 Å². The van der Waals surface area contributed by atoms with E-state index in [0.29, 0.717) is 13.0 Å². The molecule has 0 fully saturated rings. The van der Waals surface area contributed by atoms with Crippen molar-refractivity contribution in [2.45, 2.75) is 26.4 Å². The molecular formula is C8H14N2OS. The van der Waals surface area contributed by atoms with Crippen LogP contribution in [0.3, 0.4) is 0 Å². The molecule has 12 heavy (non-hydrogen) atoms. The second kappa shape index (κ2) is 3.98. The standard InChI is InChI=1S/C8H14N2OS/c1-5-6(2)12-8(10-5)7(11)3-4-9/h7,11H,3-4,9H2,1-2H3. The van der Waals surface area contributed by atoms with Gasteiger partial charge in [-0.2, -0.15) is 0 Å². The molecule has 1 unspecified atom stereocenters. The summed E-state index contributed by atoms with van der Waals surface area (Å²) in [4.78, 5) is 5.41. The smallest absolute Gasteiger partial charge is 0.122 e. The Kier molecular flexibility index (Phi) is 3.20. The first-order chi connectivity index (χ1) is 5.65. The van der Waals surface area contributed by atoms with E-state index in [-0.39, 0.29) is 0 Å². The van der Waals surface area contributed by atoms with Gasteiger partial charge in [0.15, 0.2) is 0 Å². The fraction of sp³-hybridized carbons (Fsp3) is 0.625. The molecule has 0 spiro atoms. The van der Waals surface area contributed by atoms with E-state index in [0.717, 1.165) is 10.7 Å². The second-order valence-corrected chi connectivity index (χ2v) is 4.02. The van der Waals surface area contributed by atoms with Gasteiger partial charge >= 0.3 is 0 Å². The molecule has 1 heterocycles. The van der Waals surface area contributed by atoms with Crippen LogP contribution >= 0.6 is 11.3 Å². The van der Waals surface area contributed by atoms with Gasteiger partial charge in [0.25, 0.3) is 0 Å². The maximum absolute atomic E-state index is 9.53. The summed E-state index contributed by atoms with van der Waals surface area (Å²) in [5.41, 5.74) is 6.33. The average Bonchev–Trinajstić information content (AvgIpc) is 2.33. The lowest BCUT2D eigenvalue weighted by Crippen LogP contribution is -2.06. The third-order valence-corrected chi connectivity index (χ3v) is 2.94. The minimum absolute atomic E-state index is 0.479. The van der Waals surface area contributed by atoms with Crippen molar-refractivity contribution in [3.8, 4) is 0 Å². The van der Waals surface area contributed by atoms with Crippen molar-refractivity contribution >= 4 is 11.3 Å². The van der Waals surface area contributed by atoms with E-state index in [2.05, 4.69) is 4.98 Å². The minimum atomic E-state index is -0.479. The third-order valence-electron chi connectivity index (χ3n) is 1.77. The molecule has 0 amide bonds. The van der Waals surface area contributed by atoms with Crippen molar-refractivity contribution in [3.63, 3.8) is 0 Å². The number of hydrogen-bond donors (Lipinski definition) is 2. The Balaban J connectivity index is 2.74. The maximum atomic E-state index is 9.53. The highest BCUT2D eigenvalue weighted by molar-refractivity contribution is 7.11. The number of nitrogens with zero attached hydrogens (tertiary/aromatic N) is 1. The highest BCUT2D eigenvalue weighted by Gasteiger charge is 2.11. The minimum Gasteiger partial charge on any atom is -0.386 e. The van der Waals surface area contributed by atoms with Crippen LogP contribution in [-0.4, -0.2) is 16.6 Å². The monoisotopic (exact) mass is 186 g/mol. The first-order valence-corrected chi connectivity index (χ1v) is 4.79. The molecule has 1 aromatic heterocycles. The van der Waals surface area contributed by atoms with Gasteiger partial charge in [-0.1, -0.05) is 0 Å². The van der Waals surface area contributed by atoms with Crippen LogP contribution in [0, 0.1) is 13.8 Å². The third kappa shape index (κ3) is 2.03. The summed E-state index contributed by atoms with van der Waals surface area (Å²) in [6.07, 6.45) is 0.110. The summed E-state index contributed by atoms with van der Waals surface area (Å²) in [7, 11) is 0. The van der Waals surface area contributed by atoms with Crippen LogP contribution in [0.2, 0.25) is 0 Å². The number of nitrogens with two attached hydrogens (primary N) is 1. The van der Waals surface area contributed by atoms with Crippen LogP contribution in [0.4, 0.5) is 0 Å². The largest absolute Gasteiger partial charge is 0.386 e. The molecule has 68 valence electrons. The van der Waals surface area contributed by atoms with Crippen molar-refractivity contribution in [1.29, 1.82) is 0 Å². The normalized spacial score (nSPS) is 13.3. The maximum Gasteiger partial charge on any atom is 0.122 e. The Morgan fingerprint density at radius 2 is 2.25 bits per heavy atom. The van der Waals surface area contributed by atoms with E-state index in [1.54, 1.807) is 11.3 Å². The van der Waals surface area contributed by atoms with Crippen LogP contribution < -0.4 is 5.73 Å². The molecule has 0 aliphatic carbocycles. The van der Waals surface area contributed by atoms with Crippen molar-refractivity contribution < 1.29 is 5.11 Å². The summed E-state index contributed by atoms with van der Waals surface area (Å²) in [6.45, 7) is 4.45. The molecule has 4 heteroatoms. The lowest BCUT2D eigenvalue weighted by molar-refractivity contribution is 0.170. The number of thiazole rings is 1. The van der Waals surface area contributed by atoms with Gasteiger partial charge in [0, 0.05) is 4.88 Å². The first kappa shape index (κ1) is 9.64. The van der Waals surface area contributed by atoms with Gasteiger partial charge in [0.05, 0.1) is 5.69 Å². The van der Waals surface area contributed by atoms with E-state index in [4.69, 9.17) is 5.73 Å². The van der Waals surface area contributed by atoms with Crippen molar-refractivity contribution in [1.82, 2.24) is 4.98 Å². The van der Waals surface area contributed by atoms with E-state index < -0.39 is 6.10 Å². The van der Waals surface area contributed by atoms with E-state index in [1.807, 2.05) is 13.8 Å². The Hall–Kier alpha value is -0.450. The van der Waals surface area contributed by atoms with E-state index >= 15 is 0 Å². The Morgan fingerprint density at radius 3 is 2.67 bits per heavy atom. The highest BCUT2D eigenvalue weighted by atomic mass is 32.1. The van der Waals surface area contributed by atoms with Crippen molar-refractivity contribution in [2.24, 2.45) is 5.73 Å². The van der Waals surface area contributed by atoms with Crippen LogP contribution in [0.5, 0.6) is 0 Å². The van der Waals surface area contributed by atoms with Crippen molar-refractivity contribution in [3.05, 3.63) is 15.6 Å². The SMILES string of the molecule is Cc1nc(C(O)CCN)sc1C. The van der Waals surface area contributed by atoms with Gasteiger partial charge < -0.3 is 10.8 Å². The number of aryl methyl sites for hydroxylation is 2. The van der Waals surface area contributed by atoms with Gasteiger partial charge in [-0.25, -0.2) is 4.98 Å². The second-order valence-electron chi connectivity index (χ2n) is 2.79. The van der Waals surface area contributed by atoms with Crippen LogP contribution in [0.1, 0.15) is 28.1 Å². The molecule has 3 nitrogen and oxygen atoms in total. The number of aliphatic hydroxyl groups is 1. The molecule has 1 rings (SSSR count). The van der Waals surface area contributed by atoms with Crippen molar-refractivity contribution in [2.75, 3.05) is 6.54 Å². The number of hydrogen-bond acceptors (Lipinski definition) is 4. The zero-order chi connectivity index (χ0) is 9.14. The lowest BCUT2D eigenvalue weighted by atomic mass is 10.3. The van der Waals surface area contributed by atoms with Crippen LogP contribution in [0.15, 0.2) is 0 Å². The molecule has 0 radical (unpaired) electrons. The zero-order valence-corrected chi connectivity index (χ0v) is 8.19. The average molecular weight is 186 g/mol. The molecule has 0 saturated heterocycles. The molecule has 0 aliphatic heterocycles. The Labute approximate surface area is 76.3 Å². The molecule has 3 N–H and O–H groups in total. The number of rotatable bonds is 3. The molecule has 1 aromatic rings. The topological polar surface area (TPSA) is 59.1 Å². The Bertz CT molecular complexity index is 240. The van der Waals surface area contributed by atoms with Crippen LogP contribution in [0.25, 0.3) is 0 Å². The lowest BCUT2D eigenvalue weighted by Gasteiger charge is -2.03. The molecule has 0 saturated carbocycles. The molecule has 1 atom stereocenters. The summed E-state index contributed by atoms with van der Waals surface area (Å²) in [6, 6.07) is 0. The summed E-state index contributed by atoms with van der Waals surface area (Å²) < 4.78 is 0. The molecule has 0 aromatic carbocycles. The van der Waals surface area contributed by atoms with Gasteiger partial charge in [0.2, 0.25) is 0 Å². The fourth-order valence-corrected chi connectivity index (χ4v) is 1.86. The van der Waals surface area contributed by atoms with Gasteiger partial charge in [-0.05, 0) is 26.8 Å². The zero-order valence-electron chi connectivity index (χ0n) is 7.37. The number of aromatic nitrogens is 1. The van der Waals surface area contributed by atoms with E-state index in [1.165, 1.54) is 4.88 Å². The quantitative estimate of drug-likeness (QED) is 0.744. The van der Waals surface area contributed by atoms with Crippen LogP contribution in [-0.2, 0) is 0 Å². The Morgan fingerprint density at radius 1 is 1.58 bits per heavy atom. The predicted molar refractivity (Wildman–Crippen MR) is 50.2 cm³/mol. The van der Waals surface area contributed by atoms with Gasteiger partial charge in [-0.3, -0.25) is 0 Å². The predicted octanol–water partition coefficient (Wildman–Crippen LogP) is 1.14. The molecule has 0 aliphatic rings. The summed E-state index contributed by atoms with van der Waals surface area (Å²) in [5, 5.41) is 10.3. The summed E-state index contributed by atoms with van der Waals surface area (Å²) in [5.74, 6) is 0. The number of aliphatic hydroxyl groups excluding tert-OH is 1. The first-order valence-electron chi connectivity index (χ1n) is 3.97. The molecular weight excluding hydrogens is 172 g/mol. The fourth-order valence-electron chi connectivity index (χ4n) is 0.921. The summed E-state index contributed by atoms with van der Waals surface area (Å²) >= 11 is 1.55. The van der Waals surface area contributed by atoms with Gasteiger partial charge in [0.1, 0.15) is 11.1 Å². The van der Waals surface area contributed by atoms with Gasteiger partial charge in [-0.15, -0.1) is 11.3 Å².